The average Bonchev–Trinajstić information content (AvgIpc) is 3.07. The number of rotatable bonds is 7. The van der Waals surface area contributed by atoms with Gasteiger partial charge in [-0.05, 0) is 12.8 Å². The molecule has 1 unspecified atom stereocenters. The van der Waals surface area contributed by atoms with E-state index in [0.29, 0.717) is 13.1 Å². The summed E-state index contributed by atoms with van der Waals surface area (Å²) in [6, 6.07) is -0.649. The van der Waals surface area contributed by atoms with Gasteiger partial charge in [-0.3, -0.25) is 9.59 Å². The number of carbonyl (C=O) groups excluding carboxylic acids is 2. The van der Waals surface area contributed by atoms with Crippen LogP contribution in [0.1, 0.15) is 12.8 Å². The Morgan fingerprint density at radius 3 is 2.56 bits per heavy atom. The predicted molar refractivity (Wildman–Crippen MR) is 58.6 cm³/mol. The van der Waals surface area contributed by atoms with Crippen LogP contribution < -0.4 is 16.4 Å². The highest BCUT2D eigenvalue weighted by molar-refractivity contribution is 5.82. The first kappa shape index (κ1) is 12.9. The second kappa shape index (κ2) is 6.44. The van der Waals surface area contributed by atoms with E-state index in [4.69, 9.17) is 10.5 Å². The summed E-state index contributed by atoms with van der Waals surface area (Å²) in [5, 5.41) is 5.37. The zero-order valence-corrected chi connectivity index (χ0v) is 9.49. The third-order valence-corrected chi connectivity index (χ3v) is 2.35. The molecule has 16 heavy (non-hydrogen) atoms. The summed E-state index contributed by atoms with van der Waals surface area (Å²) in [6.45, 7) is 1.04. The molecule has 1 saturated carbocycles. The van der Waals surface area contributed by atoms with E-state index in [9.17, 15) is 9.59 Å². The molecule has 1 fully saturated rings. The zero-order valence-electron chi connectivity index (χ0n) is 9.49. The molecule has 0 aromatic heterocycles. The van der Waals surface area contributed by atoms with E-state index in [0.717, 1.165) is 12.8 Å². The number of nitrogens with one attached hydrogen (secondary N) is 2. The summed E-state index contributed by atoms with van der Waals surface area (Å²) in [5.74, 6) is 0.0180. The van der Waals surface area contributed by atoms with E-state index in [1.807, 2.05) is 0 Å². The lowest BCUT2D eigenvalue weighted by molar-refractivity contribution is -0.124. The Morgan fingerprint density at radius 2 is 2.00 bits per heavy atom. The third-order valence-electron chi connectivity index (χ3n) is 2.35. The highest BCUT2D eigenvalue weighted by atomic mass is 16.5. The summed E-state index contributed by atoms with van der Waals surface area (Å²) in [6.07, 6.45) is 1.97. The predicted octanol–water partition coefficient (Wildman–Crippen LogP) is -1.40. The first-order chi connectivity index (χ1) is 7.65. The average molecular weight is 229 g/mol. The van der Waals surface area contributed by atoms with Gasteiger partial charge in [-0.1, -0.05) is 0 Å². The molecule has 0 radical (unpaired) electrons. The largest absolute Gasteiger partial charge is 0.383 e. The minimum absolute atomic E-state index is 0.0791. The van der Waals surface area contributed by atoms with E-state index in [-0.39, 0.29) is 24.3 Å². The Hall–Kier alpha value is -1.14. The van der Waals surface area contributed by atoms with Gasteiger partial charge in [0.1, 0.15) is 6.04 Å². The SMILES string of the molecule is COCC(N)C(=O)NCCNC(=O)C1CC1. The van der Waals surface area contributed by atoms with Gasteiger partial charge in [-0.25, -0.2) is 0 Å². The Morgan fingerprint density at radius 1 is 1.38 bits per heavy atom. The van der Waals surface area contributed by atoms with Crippen molar-refractivity contribution in [1.29, 1.82) is 0 Å². The number of amides is 2. The molecule has 0 aromatic rings. The first-order valence-electron chi connectivity index (χ1n) is 5.45. The van der Waals surface area contributed by atoms with Gasteiger partial charge in [-0.15, -0.1) is 0 Å². The molecule has 1 rings (SSSR count). The van der Waals surface area contributed by atoms with Crippen molar-refractivity contribution in [3.63, 3.8) is 0 Å². The molecule has 2 amide bonds. The van der Waals surface area contributed by atoms with Gasteiger partial charge < -0.3 is 21.1 Å². The van der Waals surface area contributed by atoms with Crippen LogP contribution in [0.2, 0.25) is 0 Å². The van der Waals surface area contributed by atoms with Crippen molar-refractivity contribution in [2.45, 2.75) is 18.9 Å². The Balaban J connectivity index is 2.01. The molecule has 0 bridgehead atoms. The van der Waals surface area contributed by atoms with Gasteiger partial charge in [0.25, 0.3) is 0 Å². The van der Waals surface area contributed by atoms with E-state index < -0.39 is 6.04 Å². The number of nitrogens with two attached hydrogens (primary N) is 1. The van der Waals surface area contributed by atoms with Crippen LogP contribution in [0.15, 0.2) is 0 Å². The fourth-order valence-corrected chi connectivity index (χ4v) is 1.25. The number of hydrogen-bond donors (Lipinski definition) is 3. The quantitative estimate of drug-likeness (QED) is 0.468. The third kappa shape index (κ3) is 4.59. The van der Waals surface area contributed by atoms with Crippen molar-refractivity contribution < 1.29 is 14.3 Å². The lowest BCUT2D eigenvalue weighted by Crippen LogP contribution is -2.45. The molecule has 0 aromatic carbocycles. The molecule has 6 nitrogen and oxygen atoms in total. The standard InChI is InChI=1S/C10H19N3O3/c1-16-6-8(11)10(15)13-5-4-12-9(14)7-2-3-7/h7-8H,2-6,11H2,1H3,(H,12,14)(H,13,15). The Kier molecular flexibility index (Phi) is 5.21. The Bertz CT molecular complexity index is 254. The summed E-state index contributed by atoms with van der Waals surface area (Å²) < 4.78 is 4.75. The highest BCUT2D eigenvalue weighted by Gasteiger charge is 2.29. The number of ether oxygens (including phenoxy) is 1. The summed E-state index contributed by atoms with van der Waals surface area (Å²) in [7, 11) is 1.49. The van der Waals surface area contributed by atoms with Crippen molar-refractivity contribution in [3.8, 4) is 0 Å². The van der Waals surface area contributed by atoms with Crippen LogP contribution in [0.25, 0.3) is 0 Å². The van der Waals surface area contributed by atoms with Crippen LogP contribution in [0, 0.1) is 5.92 Å². The summed E-state index contributed by atoms with van der Waals surface area (Å²) in [5.41, 5.74) is 5.50. The van der Waals surface area contributed by atoms with Gasteiger partial charge in [0.15, 0.2) is 0 Å². The van der Waals surface area contributed by atoms with Gasteiger partial charge in [0.05, 0.1) is 6.61 Å². The van der Waals surface area contributed by atoms with Gasteiger partial charge in [-0.2, -0.15) is 0 Å². The fraction of sp³-hybridized carbons (Fsp3) is 0.800. The maximum Gasteiger partial charge on any atom is 0.239 e. The number of methoxy groups -OCH3 is 1. The normalized spacial score (nSPS) is 16.6. The summed E-state index contributed by atoms with van der Waals surface area (Å²) >= 11 is 0. The molecule has 1 aliphatic rings. The minimum atomic E-state index is -0.649. The van der Waals surface area contributed by atoms with E-state index in [2.05, 4.69) is 10.6 Å². The van der Waals surface area contributed by atoms with Crippen LogP contribution in [0.4, 0.5) is 0 Å². The molecule has 0 heterocycles. The topological polar surface area (TPSA) is 93.4 Å². The van der Waals surface area contributed by atoms with Crippen molar-refractivity contribution >= 4 is 11.8 Å². The van der Waals surface area contributed by atoms with Crippen molar-refractivity contribution in [2.24, 2.45) is 11.7 Å². The maximum absolute atomic E-state index is 11.3. The molecule has 4 N–H and O–H groups in total. The molecule has 1 aliphatic carbocycles. The van der Waals surface area contributed by atoms with Crippen LogP contribution in [0.5, 0.6) is 0 Å². The molecule has 0 saturated heterocycles. The molecule has 0 spiro atoms. The van der Waals surface area contributed by atoms with Gasteiger partial charge >= 0.3 is 0 Å². The van der Waals surface area contributed by atoms with E-state index in [1.54, 1.807) is 0 Å². The second-order valence-corrected chi connectivity index (χ2v) is 3.92. The van der Waals surface area contributed by atoms with Crippen LogP contribution in [-0.4, -0.2) is 44.7 Å². The highest BCUT2D eigenvalue weighted by Crippen LogP contribution is 2.28. The van der Waals surface area contributed by atoms with Crippen LogP contribution >= 0.6 is 0 Å². The lowest BCUT2D eigenvalue weighted by atomic mass is 10.3. The van der Waals surface area contributed by atoms with Crippen molar-refractivity contribution in [1.82, 2.24) is 10.6 Å². The number of carbonyl (C=O) groups is 2. The van der Waals surface area contributed by atoms with Crippen molar-refractivity contribution in [2.75, 3.05) is 26.8 Å². The zero-order chi connectivity index (χ0) is 12.0. The molecule has 0 aliphatic heterocycles. The molecule has 1 atom stereocenters. The summed E-state index contributed by atoms with van der Waals surface area (Å²) in [4.78, 5) is 22.5. The Labute approximate surface area is 94.9 Å². The minimum Gasteiger partial charge on any atom is -0.383 e. The second-order valence-electron chi connectivity index (χ2n) is 3.92. The maximum atomic E-state index is 11.3. The molecular weight excluding hydrogens is 210 g/mol. The van der Waals surface area contributed by atoms with Gasteiger partial charge in [0, 0.05) is 26.1 Å². The van der Waals surface area contributed by atoms with Crippen LogP contribution in [0.3, 0.4) is 0 Å². The molecular formula is C10H19N3O3. The van der Waals surface area contributed by atoms with Gasteiger partial charge in [0.2, 0.25) is 11.8 Å². The fourth-order valence-electron chi connectivity index (χ4n) is 1.25. The van der Waals surface area contributed by atoms with E-state index >= 15 is 0 Å². The monoisotopic (exact) mass is 229 g/mol. The lowest BCUT2D eigenvalue weighted by Gasteiger charge is -2.11. The van der Waals surface area contributed by atoms with Crippen LogP contribution in [-0.2, 0) is 14.3 Å². The molecule has 92 valence electrons. The van der Waals surface area contributed by atoms with Crippen molar-refractivity contribution in [3.05, 3.63) is 0 Å². The number of hydrogen-bond acceptors (Lipinski definition) is 4. The smallest absolute Gasteiger partial charge is 0.239 e. The molecule has 6 heteroatoms. The first-order valence-corrected chi connectivity index (χ1v) is 5.45. The van der Waals surface area contributed by atoms with E-state index in [1.165, 1.54) is 7.11 Å².